The summed E-state index contributed by atoms with van der Waals surface area (Å²) >= 11 is 0. The lowest BCUT2D eigenvalue weighted by molar-refractivity contribution is -0.134. The molecule has 1 aromatic heterocycles. The highest BCUT2D eigenvalue weighted by molar-refractivity contribution is 5.92. The Labute approximate surface area is 123 Å². The van der Waals surface area contributed by atoms with Crippen LogP contribution < -0.4 is 4.74 Å². The summed E-state index contributed by atoms with van der Waals surface area (Å²) < 4.78 is 5.71. The van der Waals surface area contributed by atoms with Crippen LogP contribution in [-0.4, -0.2) is 35.0 Å². The molecule has 0 saturated carbocycles. The fourth-order valence-corrected chi connectivity index (χ4v) is 2.14. The second-order valence-electron chi connectivity index (χ2n) is 4.92. The molecule has 0 atom stereocenters. The summed E-state index contributed by atoms with van der Waals surface area (Å²) in [5.41, 5.74) is 1.02. The summed E-state index contributed by atoms with van der Waals surface area (Å²) in [6.07, 6.45) is 6.88. The van der Waals surface area contributed by atoms with Gasteiger partial charge in [0.15, 0.2) is 0 Å². The van der Waals surface area contributed by atoms with Crippen molar-refractivity contribution in [1.29, 1.82) is 0 Å². The zero-order chi connectivity index (χ0) is 14.5. The van der Waals surface area contributed by atoms with Gasteiger partial charge >= 0.3 is 0 Å². The van der Waals surface area contributed by atoms with Crippen molar-refractivity contribution < 1.29 is 9.53 Å². The number of pyridine rings is 1. The molecule has 1 aromatic carbocycles. The third-order valence-corrected chi connectivity index (χ3v) is 3.31. The molecule has 0 radical (unpaired) electrons. The second kappa shape index (κ2) is 6.22. The molecule has 21 heavy (non-hydrogen) atoms. The lowest BCUT2D eigenvalue weighted by Crippen LogP contribution is -2.55. The zero-order valence-electron chi connectivity index (χ0n) is 11.6. The van der Waals surface area contributed by atoms with Gasteiger partial charge in [-0.1, -0.05) is 30.3 Å². The fraction of sp³-hybridized carbons (Fsp3) is 0.176. The largest absolute Gasteiger partial charge is 0.485 e. The molecule has 1 fully saturated rings. The number of nitrogens with zero attached hydrogens (tertiary/aromatic N) is 2. The Morgan fingerprint density at radius 2 is 2.00 bits per heavy atom. The molecule has 0 spiro atoms. The molecule has 1 saturated heterocycles. The average molecular weight is 280 g/mol. The molecule has 0 aliphatic carbocycles. The van der Waals surface area contributed by atoms with Crippen LogP contribution in [0.2, 0.25) is 0 Å². The van der Waals surface area contributed by atoms with Crippen molar-refractivity contribution in [3.63, 3.8) is 0 Å². The van der Waals surface area contributed by atoms with Gasteiger partial charge in [-0.05, 0) is 23.8 Å². The van der Waals surface area contributed by atoms with Gasteiger partial charge < -0.3 is 9.64 Å². The third kappa shape index (κ3) is 3.48. The van der Waals surface area contributed by atoms with Gasteiger partial charge in [0.1, 0.15) is 11.9 Å². The van der Waals surface area contributed by atoms with E-state index in [1.54, 1.807) is 23.4 Å². The monoisotopic (exact) mass is 280 g/mol. The van der Waals surface area contributed by atoms with E-state index in [1.807, 2.05) is 48.5 Å². The number of aromatic nitrogens is 1. The highest BCUT2D eigenvalue weighted by atomic mass is 16.5. The van der Waals surface area contributed by atoms with Crippen LogP contribution >= 0.6 is 0 Å². The molecular formula is C17H16N2O2. The highest BCUT2D eigenvalue weighted by Crippen LogP contribution is 2.17. The van der Waals surface area contributed by atoms with E-state index in [0.29, 0.717) is 13.1 Å². The number of ether oxygens (including phenoxy) is 1. The van der Waals surface area contributed by atoms with Crippen molar-refractivity contribution >= 4 is 12.0 Å². The van der Waals surface area contributed by atoms with E-state index in [0.717, 1.165) is 11.3 Å². The van der Waals surface area contributed by atoms with Crippen LogP contribution in [0.3, 0.4) is 0 Å². The Hall–Kier alpha value is -2.62. The Morgan fingerprint density at radius 3 is 2.71 bits per heavy atom. The van der Waals surface area contributed by atoms with Crippen molar-refractivity contribution in [2.75, 3.05) is 13.1 Å². The van der Waals surface area contributed by atoms with Gasteiger partial charge in [-0.2, -0.15) is 0 Å². The van der Waals surface area contributed by atoms with Crippen LogP contribution in [0.4, 0.5) is 0 Å². The van der Waals surface area contributed by atoms with Gasteiger partial charge in [-0.15, -0.1) is 0 Å². The first-order valence-electron chi connectivity index (χ1n) is 6.90. The maximum Gasteiger partial charge on any atom is 0.246 e. The quantitative estimate of drug-likeness (QED) is 0.808. The van der Waals surface area contributed by atoms with Gasteiger partial charge in [0.05, 0.1) is 19.3 Å². The molecule has 1 aliphatic heterocycles. The van der Waals surface area contributed by atoms with E-state index in [-0.39, 0.29) is 12.0 Å². The highest BCUT2D eigenvalue weighted by Gasteiger charge is 2.31. The first kappa shape index (κ1) is 13.4. The molecule has 2 heterocycles. The second-order valence-corrected chi connectivity index (χ2v) is 4.92. The minimum Gasteiger partial charge on any atom is -0.485 e. The minimum atomic E-state index is 0.0184. The van der Waals surface area contributed by atoms with E-state index >= 15 is 0 Å². The maximum atomic E-state index is 12.0. The summed E-state index contributed by atoms with van der Waals surface area (Å²) in [7, 11) is 0. The molecule has 2 aromatic rings. The SMILES string of the molecule is O=C(C=Cc1ccccc1)N1CC(Oc2cccnc2)C1. The third-order valence-electron chi connectivity index (χ3n) is 3.31. The Bertz CT molecular complexity index is 620. The fourth-order valence-electron chi connectivity index (χ4n) is 2.14. The van der Waals surface area contributed by atoms with Crippen LogP contribution in [0, 0.1) is 0 Å². The van der Waals surface area contributed by atoms with Crippen LogP contribution in [0.15, 0.2) is 60.9 Å². The smallest absolute Gasteiger partial charge is 0.246 e. The standard InChI is InChI=1S/C17H16N2O2/c20-17(9-8-14-5-2-1-3-6-14)19-12-16(13-19)21-15-7-4-10-18-11-15/h1-11,16H,12-13H2. The van der Waals surface area contributed by atoms with Crippen molar-refractivity contribution in [1.82, 2.24) is 9.88 Å². The normalized spacial score (nSPS) is 15.0. The van der Waals surface area contributed by atoms with Crippen molar-refractivity contribution in [2.45, 2.75) is 6.10 Å². The zero-order valence-corrected chi connectivity index (χ0v) is 11.6. The van der Waals surface area contributed by atoms with Gasteiger partial charge in [-0.3, -0.25) is 9.78 Å². The van der Waals surface area contributed by atoms with Crippen LogP contribution in [-0.2, 0) is 4.79 Å². The summed E-state index contributed by atoms with van der Waals surface area (Å²) in [4.78, 5) is 17.7. The molecule has 0 unspecified atom stereocenters. The first-order chi connectivity index (χ1) is 10.3. The summed E-state index contributed by atoms with van der Waals surface area (Å²) in [6, 6.07) is 13.5. The Morgan fingerprint density at radius 1 is 1.19 bits per heavy atom. The number of hydrogen-bond donors (Lipinski definition) is 0. The number of likely N-dealkylation sites (tertiary alicyclic amines) is 1. The summed E-state index contributed by atoms with van der Waals surface area (Å²) in [6.45, 7) is 1.24. The topological polar surface area (TPSA) is 42.4 Å². The first-order valence-corrected chi connectivity index (χ1v) is 6.90. The molecule has 1 aliphatic rings. The minimum absolute atomic E-state index is 0.0184. The molecule has 1 amide bonds. The van der Waals surface area contributed by atoms with Crippen LogP contribution in [0.5, 0.6) is 5.75 Å². The van der Waals surface area contributed by atoms with E-state index in [4.69, 9.17) is 4.74 Å². The van der Waals surface area contributed by atoms with Crippen molar-refractivity contribution in [3.05, 3.63) is 66.5 Å². The maximum absolute atomic E-state index is 12.0. The van der Waals surface area contributed by atoms with Gasteiger partial charge in [-0.25, -0.2) is 0 Å². The Balaban J connectivity index is 1.48. The van der Waals surface area contributed by atoms with Gasteiger partial charge in [0, 0.05) is 12.3 Å². The van der Waals surface area contributed by atoms with E-state index < -0.39 is 0 Å². The molecule has 4 nitrogen and oxygen atoms in total. The Kier molecular flexibility index (Phi) is 3.96. The van der Waals surface area contributed by atoms with E-state index in [1.165, 1.54) is 0 Å². The molecule has 0 bridgehead atoms. The van der Waals surface area contributed by atoms with Gasteiger partial charge in [0.25, 0.3) is 0 Å². The number of carbonyl (C=O) groups is 1. The van der Waals surface area contributed by atoms with E-state index in [9.17, 15) is 4.79 Å². The molecule has 4 heteroatoms. The molecule has 0 N–H and O–H groups in total. The number of hydrogen-bond acceptors (Lipinski definition) is 3. The number of amides is 1. The van der Waals surface area contributed by atoms with E-state index in [2.05, 4.69) is 4.98 Å². The van der Waals surface area contributed by atoms with Crippen molar-refractivity contribution in [3.8, 4) is 5.75 Å². The number of benzene rings is 1. The van der Waals surface area contributed by atoms with Crippen LogP contribution in [0.25, 0.3) is 6.08 Å². The lowest BCUT2D eigenvalue weighted by atomic mass is 10.1. The lowest BCUT2D eigenvalue weighted by Gasteiger charge is -2.38. The predicted octanol–water partition coefficient (Wildman–Crippen LogP) is 2.38. The molecule has 3 rings (SSSR count). The average Bonchev–Trinajstić information content (AvgIpc) is 2.50. The van der Waals surface area contributed by atoms with Crippen LogP contribution in [0.1, 0.15) is 5.56 Å². The predicted molar refractivity (Wildman–Crippen MR) is 80.7 cm³/mol. The number of rotatable bonds is 4. The summed E-state index contributed by atoms with van der Waals surface area (Å²) in [5.74, 6) is 0.763. The summed E-state index contributed by atoms with van der Waals surface area (Å²) in [5, 5.41) is 0. The number of carbonyl (C=O) groups excluding carboxylic acids is 1. The molecule has 106 valence electrons. The van der Waals surface area contributed by atoms with Gasteiger partial charge in [0.2, 0.25) is 5.91 Å². The van der Waals surface area contributed by atoms with Crippen molar-refractivity contribution in [2.24, 2.45) is 0 Å². The molecular weight excluding hydrogens is 264 g/mol.